The van der Waals surface area contributed by atoms with Crippen molar-refractivity contribution in [2.24, 2.45) is 10.5 Å². The number of azide groups is 1. The molecule has 1 aromatic carbocycles. The monoisotopic (exact) mass is 231 g/mol. The topological polar surface area (TPSA) is 65.8 Å². The van der Waals surface area contributed by atoms with Gasteiger partial charge in [0.15, 0.2) is 0 Å². The van der Waals surface area contributed by atoms with Crippen molar-refractivity contribution in [3.05, 3.63) is 45.8 Å². The fourth-order valence-electron chi connectivity index (χ4n) is 1.33. The average Bonchev–Trinajstić information content (AvgIpc) is 2.27. The number of ketones is 1. The lowest BCUT2D eigenvalue weighted by molar-refractivity contribution is -0.125. The van der Waals surface area contributed by atoms with Crippen LogP contribution in [0.4, 0.5) is 0 Å². The van der Waals surface area contributed by atoms with Gasteiger partial charge in [-0.2, -0.15) is 0 Å². The van der Waals surface area contributed by atoms with E-state index in [1.165, 1.54) is 0 Å². The molecule has 0 aliphatic carbocycles. The average molecular weight is 231 g/mol. The second-order valence-corrected chi connectivity index (χ2v) is 5.06. The van der Waals surface area contributed by atoms with Crippen molar-refractivity contribution in [1.82, 2.24) is 0 Å². The molecular weight excluding hydrogens is 214 g/mol. The van der Waals surface area contributed by atoms with Crippen LogP contribution in [0.5, 0.6) is 0 Å². The maximum atomic E-state index is 11.8. The standard InChI is InChI=1S/C13H17N3O/c1-13(2,3)12(17)8-10-4-6-11(7-5-10)9-15-16-14/h4-7H,8-9H2,1-3H3. The maximum absolute atomic E-state index is 11.8. The van der Waals surface area contributed by atoms with Gasteiger partial charge in [-0.1, -0.05) is 50.2 Å². The zero-order valence-electron chi connectivity index (χ0n) is 10.5. The van der Waals surface area contributed by atoms with Gasteiger partial charge in [-0.05, 0) is 16.7 Å². The van der Waals surface area contributed by atoms with E-state index >= 15 is 0 Å². The predicted molar refractivity (Wildman–Crippen MR) is 67.5 cm³/mol. The van der Waals surface area contributed by atoms with Gasteiger partial charge in [0.25, 0.3) is 0 Å². The second kappa shape index (κ2) is 5.51. The number of carbonyl (C=O) groups is 1. The number of hydrogen-bond donors (Lipinski definition) is 0. The summed E-state index contributed by atoms with van der Waals surface area (Å²) >= 11 is 0. The van der Waals surface area contributed by atoms with E-state index in [1.807, 2.05) is 45.0 Å². The maximum Gasteiger partial charge on any atom is 0.142 e. The Morgan fingerprint density at radius 2 is 1.76 bits per heavy atom. The molecule has 0 aliphatic heterocycles. The van der Waals surface area contributed by atoms with Gasteiger partial charge in [-0.25, -0.2) is 0 Å². The smallest absolute Gasteiger partial charge is 0.142 e. The van der Waals surface area contributed by atoms with E-state index in [0.717, 1.165) is 11.1 Å². The van der Waals surface area contributed by atoms with Crippen molar-refractivity contribution < 1.29 is 4.79 Å². The fourth-order valence-corrected chi connectivity index (χ4v) is 1.33. The molecule has 0 N–H and O–H groups in total. The van der Waals surface area contributed by atoms with Crippen LogP contribution in [0.1, 0.15) is 31.9 Å². The van der Waals surface area contributed by atoms with Crippen molar-refractivity contribution in [1.29, 1.82) is 0 Å². The highest BCUT2D eigenvalue weighted by atomic mass is 16.1. The molecule has 0 heterocycles. The highest BCUT2D eigenvalue weighted by Gasteiger charge is 2.20. The van der Waals surface area contributed by atoms with E-state index < -0.39 is 0 Å². The van der Waals surface area contributed by atoms with Gasteiger partial charge < -0.3 is 0 Å². The summed E-state index contributed by atoms with van der Waals surface area (Å²) in [5, 5.41) is 3.49. The SMILES string of the molecule is CC(C)(C)C(=O)Cc1ccc(CN=[N+]=[N-])cc1. The summed E-state index contributed by atoms with van der Waals surface area (Å²) < 4.78 is 0. The third kappa shape index (κ3) is 4.29. The Labute approximate surface area is 101 Å². The van der Waals surface area contributed by atoms with E-state index in [0.29, 0.717) is 13.0 Å². The molecule has 0 atom stereocenters. The van der Waals surface area contributed by atoms with E-state index in [2.05, 4.69) is 10.0 Å². The predicted octanol–water partition coefficient (Wildman–Crippen LogP) is 3.65. The van der Waals surface area contributed by atoms with E-state index in [9.17, 15) is 4.79 Å². The Hall–Kier alpha value is -1.80. The minimum absolute atomic E-state index is 0.222. The Bertz CT molecular complexity index is 437. The van der Waals surface area contributed by atoms with E-state index in [1.54, 1.807) is 0 Å². The quantitative estimate of drug-likeness (QED) is 0.443. The van der Waals surface area contributed by atoms with Crippen LogP contribution in [0, 0.1) is 5.41 Å². The Morgan fingerprint density at radius 3 is 2.24 bits per heavy atom. The van der Waals surface area contributed by atoms with Crippen molar-refractivity contribution in [2.75, 3.05) is 0 Å². The van der Waals surface area contributed by atoms with Gasteiger partial charge in [0.05, 0.1) is 6.54 Å². The molecule has 0 amide bonds. The van der Waals surface area contributed by atoms with Crippen molar-refractivity contribution >= 4 is 5.78 Å². The van der Waals surface area contributed by atoms with Gasteiger partial charge in [0, 0.05) is 16.7 Å². The van der Waals surface area contributed by atoms with Crippen LogP contribution in [0.25, 0.3) is 10.4 Å². The first kappa shape index (κ1) is 13.3. The van der Waals surface area contributed by atoms with E-state index in [4.69, 9.17) is 5.53 Å². The second-order valence-electron chi connectivity index (χ2n) is 5.06. The summed E-state index contributed by atoms with van der Waals surface area (Å²) in [5.41, 5.74) is 9.85. The normalized spacial score (nSPS) is 10.8. The molecule has 0 saturated heterocycles. The molecule has 0 saturated carbocycles. The molecule has 0 radical (unpaired) electrons. The summed E-state index contributed by atoms with van der Waals surface area (Å²) in [4.78, 5) is 14.5. The molecule has 4 heteroatoms. The summed E-state index contributed by atoms with van der Waals surface area (Å²) in [6.45, 7) is 6.12. The zero-order valence-corrected chi connectivity index (χ0v) is 10.5. The highest BCUT2D eigenvalue weighted by Crippen LogP contribution is 2.18. The fraction of sp³-hybridized carbons (Fsp3) is 0.462. The van der Waals surface area contributed by atoms with Crippen LogP contribution < -0.4 is 0 Å². The first-order valence-corrected chi connectivity index (χ1v) is 5.55. The van der Waals surface area contributed by atoms with Gasteiger partial charge in [0.2, 0.25) is 0 Å². The van der Waals surface area contributed by atoms with Crippen LogP contribution in [-0.2, 0) is 17.8 Å². The number of hydrogen-bond acceptors (Lipinski definition) is 2. The van der Waals surface area contributed by atoms with Crippen LogP contribution in [0.3, 0.4) is 0 Å². The van der Waals surface area contributed by atoms with E-state index in [-0.39, 0.29) is 11.2 Å². The summed E-state index contributed by atoms with van der Waals surface area (Å²) in [5.74, 6) is 0.222. The molecular formula is C13H17N3O. The van der Waals surface area contributed by atoms with Crippen LogP contribution in [-0.4, -0.2) is 5.78 Å². The van der Waals surface area contributed by atoms with Gasteiger partial charge in [0.1, 0.15) is 5.78 Å². The molecule has 0 fully saturated rings. The molecule has 1 rings (SSSR count). The summed E-state index contributed by atoms with van der Waals surface area (Å²) in [6, 6.07) is 7.59. The molecule has 0 aromatic heterocycles. The summed E-state index contributed by atoms with van der Waals surface area (Å²) in [7, 11) is 0. The first-order valence-electron chi connectivity index (χ1n) is 5.55. The lowest BCUT2D eigenvalue weighted by Crippen LogP contribution is -2.22. The van der Waals surface area contributed by atoms with Crippen molar-refractivity contribution in [3.8, 4) is 0 Å². The molecule has 0 unspecified atom stereocenters. The molecule has 0 spiro atoms. The molecule has 0 bridgehead atoms. The van der Waals surface area contributed by atoms with Gasteiger partial charge in [-0.3, -0.25) is 4.79 Å². The first-order chi connectivity index (χ1) is 7.93. The van der Waals surface area contributed by atoms with Crippen molar-refractivity contribution in [3.63, 3.8) is 0 Å². The number of benzene rings is 1. The highest BCUT2D eigenvalue weighted by molar-refractivity contribution is 5.85. The molecule has 17 heavy (non-hydrogen) atoms. The van der Waals surface area contributed by atoms with Gasteiger partial charge in [-0.15, -0.1) is 0 Å². The lowest BCUT2D eigenvalue weighted by Gasteiger charge is -2.16. The molecule has 1 aromatic rings. The Kier molecular flexibility index (Phi) is 4.30. The largest absolute Gasteiger partial charge is 0.299 e. The lowest BCUT2D eigenvalue weighted by atomic mass is 9.87. The van der Waals surface area contributed by atoms with Crippen molar-refractivity contribution in [2.45, 2.75) is 33.7 Å². The molecule has 4 nitrogen and oxygen atoms in total. The van der Waals surface area contributed by atoms with Crippen LogP contribution in [0.15, 0.2) is 29.4 Å². The van der Waals surface area contributed by atoms with Gasteiger partial charge >= 0.3 is 0 Å². The Balaban J connectivity index is 2.69. The Morgan fingerprint density at radius 1 is 1.24 bits per heavy atom. The number of nitrogens with zero attached hydrogens (tertiary/aromatic N) is 3. The minimum atomic E-state index is -0.302. The number of rotatable bonds is 4. The van der Waals surface area contributed by atoms with Crippen LogP contribution >= 0.6 is 0 Å². The molecule has 0 aliphatic rings. The number of Topliss-reactive ketones (excluding diaryl/α,β-unsaturated/α-hetero) is 1. The summed E-state index contributed by atoms with van der Waals surface area (Å²) in [6.07, 6.45) is 0.450. The zero-order chi connectivity index (χ0) is 12.9. The third-order valence-electron chi connectivity index (χ3n) is 2.54. The number of carbonyl (C=O) groups excluding carboxylic acids is 1. The van der Waals surface area contributed by atoms with Crippen LogP contribution in [0.2, 0.25) is 0 Å². The third-order valence-corrected chi connectivity index (χ3v) is 2.54. The molecule has 90 valence electrons. The minimum Gasteiger partial charge on any atom is -0.299 e.